The van der Waals surface area contributed by atoms with Crippen molar-refractivity contribution in [3.05, 3.63) is 41.5 Å². The highest BCUT2D eigenvalue weighted by Gasteiger charge is 2.26. The SMILES string of the molecule is C/C=C1\CCCC1CS(=O)(=O)c1ccc(C)cc1. The van der Waals surface area contributed by atoms with Crippen LogP contribution in [0, 0.1) is 12.8 Å². The van der Waals surface area contributed by atoms with E-state index in [2.05, 4.69) is 6.08 Å². The molecule has 0 aliphatic heterocycles. The minimum Gasteiger partial charge on any atom is -0.224 e. The number of rotatable bonds is 3. The van der Waals surface area contributed by atoms with E-state index in [-0.39, 0.29) is 11.7 Å². The van der Waals surface area contributed by atoms with E-state index in [1.54, 1.807) is 12.1 Å². The standard InChI is InChI=1S/C15H20O2S/c1-3-13-5-4-6-14(13)11-18(16,17)15-9-7-12(2)8-10-15/h3,7-10,14H,4-6,11H2,1-2H3/b13-3+. The van der Waals surface area contributed by atoms with Crippen molar-refractivity contribution in [2.75, 3.05) is 5.75 Å². The van der Waals surface area contributed by atoms with E-state index in [1.807, 2.05) is 26.0 Å². The Morgan fingerprint density at radius 1 is 1.28 bits per heavy atom. The molecule has 0 amide bonds. The Hall–Kier alpha value is -1.09. The Balaban J connectivity index is 2.19. The topological polar surface area (TPSA) is 34.1 Å². The molecule has 0 saturated heterocycles. The van der Waals surface area contributed by atoms with E-state index in [0.29, 0.717) is 4.90 Å². The van der Waals surface area contributed by atoms with Crippen LogP contribution in [0.3, 0.4) is 0 Å². The average molecular weight is 264 g/mol. The van der Waals surface area contributed by atoms with Crippen molar-refractivity contribution < 1.29 is 8.42 Å². The Labute approximate surface area is 110 Å². The lowest BCUT2D eigenvalue weighted by molar-refractivity contribution is 0.580. The van der Waals surface area contributed by atoms with Crippen molar-refractivity contribution in [3.63, 3.8) is 0 Å². The summed E-state index contributed by atoms with van der Waals surface area (Å²) in [6.45, 7) is 3.97. The van der Waals surface area contributed by atoms with E-state index >= 15 is 0 Å². The molecule has 1 aromatic carbocycles. The van der Waals surface area contributed by atoms with Crippen molar-refractivity contribution in [1.82, 2.24) is 0 Å². The molecule has 0 spiro atoms. The molecule has 0 aromatic heterocycles. The molecule has 1 atom stereocenters. The molecule has 1 aromatic rings. The molecule has 98 valence electrons. The summed E-state index contributed by atoms with van der Waals surface area (Å²) < 4.78 is 24.7. The van der Waals surface area contributed by atoms with Gasteiger partial charge in [-0.05, 0) is 51.2 Å². The fourth-order valence-corrected chi connectivity index (χ4v) is 4.27. The van der Waals surface area contributed by atoms with Gasteiger partial charge in [0.1, 0.15) is 0 Å². The fraction of sp³-hybridized carbons (Fsp3) is 0.467. The Bertz CT molecular complexity index is 538. The normalized spacial score (nSPS) is 22.6. The zero-order chi connectivity index (χ0) is 13.2. The molecule has 2 nitrogen and oxygen atoms in total. The van der Waals surface area contributed by atoms with Gasteiger partial charge < -0.3 is 0 Å². The quantitative estimate of drug-likeness (QED) is 0.783. The highest BCUT2D eigenvalue weighted by atomic mass is 32.2. The van der Waals surface area contributed by atoms with Gasteiger partial charge in [-0.25, -0.2) is 8.42 Å². The second kappa shape index (κ2) is 5.27. The third kappa shape index (κ3) is 2.83. The van der Waals surface area contributed by atoms with Crippen LogP contribution in [-0.4, -0.2) is 14.2 Å². The van der Waals surface area contributed by atoms with Gasteiger partial charge >= 0.3 is 0 Å². The Kier molecular flexibility index (Phi) is 3.91. The summed E-state index contributed by atoms with van der Waals surface area (Å²) in [5.41, 5.74) is 2.40. The highest BCUT2D eigenvalue weighted by Crippen LogP contribution is 2.33. The van der Waals surface area contributed by atoms with Gasteiger partial charge in [0.25, 0.3) is 0 Å². The van der Waals surface area contributed by atoms with Gasteiger partial charge in [-0.2, -0.15) is 0 Å². The van der Waals surface area contributed by atoms with Gasteiger partial charge in [0.2, 0.25) is 0 Å². The van der Waals surface area contributed by atoms with Crippen LogP contribution in [0.25, 0.3) is 0 Å². The second-order valence-corrected chi connectivity index (χ2v) is 7.08. The maximum absolute atomic E-state index is 12.3. The molecule has 3 heteroatoms. The van der Waals surface area contributed by atoms with Gasteiger partial charge in [-0.1, -0.05) is 29.3 Å². The third-order valence-corrected chi connectivity index (χ3v) is 5.55. The summed E-state index contributed by atoms with van der Waals surface area (Å²) >= 11 is 0. The molecule has 0 N–H and O–H groups in total. The summed E-state index contributed by atoms with van der Waals surface area (Å²) in [6, 6.07) is 7.15. The molecule has 1 saturated carbocycles. The Morgan fingerprint density at radius 2 is 1.94 bits per heavy atom. The van der Waals surface area contributed by atoms with Gasteiger partial charge in [0, 0.05) is 0 Å². The van der Waals surface area contributed by atoms with E-state index in [1.165, 1.54) is 5.57 Å². The lowest BCUT2D eigenvalue weighted by Gasteiger charge is -2.12. The number of hydrogen-bond acceptors (Lipinski definition) is 2. The fourth-order valence-electron chi connectivity index (χ4n) is 2.62. The minimum absolute atomic E-state index is 0.223. The van der Waals surface area contributed by atoms with E-state index < -0.39 is 9.84 Å². The van der Waals surface area contributed by atoms with Crippen molar-refractivity contribution in [2.24, 2.45) is 5.92 Å². The minimum atomic E-state index is -3.14. The van der Waals surface area contributed by atoms with Crippen LogP contribution >= 0.6 is 0 Å². The lowest BCUT2D eigenvalue weighted by atomic mass is 10.1. The van der Waals surface area contributed by atoms with Gasteiger partial charge in [0.05, 0.1) is 10.6 Å². The van der Waals surface area contributed by atoms with Crippen LogP contribution < -0.4 is 0 Å². The predicted octanol–water partition coefficient (Wildman–Crippen LogP) is 3.52. The van der Waals surface area contributed by atoms with E-state index in [0.717, 1.165) is 24.8 Å². The number of sulfone groups is 1. The van der Waals surface area contributed by atoms with Crippen molar-refractivity contribution in [3.8, 4) is 0 Å². The first-order chi connectivity index (χ1) is 8.53. The molecule has 18 heavy (non-hydrogen) atoms. The molecule has 2 rings (SSSR count). The van der Waals surface area contributed by atoms with Gasteiger partial charge in [0.15, 0.2) is 9.84 Å². The first-order valence-corrected chi connectivity index (χ1v) is 8.12. The number of allylic oxidation sites excluding steroid dienone is 2. The van der Waals surface area contributed by atoms with Crippen LogP contribution in [0.1, 0.15) is 31.7 Å². The zero-order valence-electron chi connectivity index (χ0n) is 11.0. The van der Waals surface area contributed by atoms with Crippen LogP contribution in [0.4, 0.5) is 0 Å². The molecule has 1 aliphatic rings. The first kappa shape index (κ1) is 13.3. The highest BCUT2D eigenvalue weighted by molar-refractivity contribution is 7.91. The van der Waals surface area contributed by atoms with Crippen LogP contribution in [0.15, 0.2) is 40.8 Å². The van der Waals surface area contributed by atoms with Crippen molar-refractivity contribution in [2.45, 2.75) is 38.0 Å². The predicted molar refractivity (Wildman–Crippen MR) is 74.3 cm³/mol. The molecule has 1 unspecified atom stereocenters. The molecular weight excluding hydrogens is 244 g/mol. The first-order valence-electron chi connectivity index (χ1n) is 6.47. The van der Waals surface area contributed by atoms with E-state index in [9.17, 15) is 8.42 Å². The van der Waals surface area contributed by atoms with Crippen LogP contribution in [-0.2, 0) is 9.84 Å². The van der Waals surface area contributed by atoms with Gasteiger partial charge in [-0.3, -0.25) is 0 Å². The summed E-state index contributed by atoms with van der Waals surface area (Å²) in [5.74, 6) is 0.483. The molecule has 1 fully saturated rings. The summed E-state index contributed by atoms with van der Waals surface area (Å²) in [6.07, 6.45) is 5.27. The maximum Gasteiger partial charge on any atom is 0.178 e. The van der Waals surface area contributed by atoms with E-state index in [4.69, 9.17) is 0 Å². The van der Waals surface area contributed by atoms with Crippen molar-refractivity contribution in [1.29, 1.82) is 0 Å². The Morgan fingerprint density at radius 3 is 2.56 bits per heavy atom. The molecule has 0 bridgehead atoms. The second-order valence-electron chi connectivity index (χ2n) is 5.05. The van der Waals surface area contributed by atoms with Crippen molar-refractivity contribution >= 4 is 9.84 Å². The van der Waals surface area contributed by atoms with Crippen LogP contribution in [0.5, 0.6) is 0 Å². The van der Waals surface area contributed by atoms with Crippen LogP contribution in [0.2, 0.25) is 0 Å². The summed E-state index contributed by atoms with van der Waals surface area (Å²) in [5, 5.41) is 0. The smallest absolute Gasteiger partial charge is 0.178 e. The molecule has 0 radical (unpaired) electrons. The molecule has 1 aliphatic carbocycles. The molecular formula is C15H20O2S. The average Bonchev–Trinajstić information content (AvgIpc) is 2.76. The number of aryl methyl sites for hydroxylation is 1. The third-order valence-electron chi connectivity index (χ3n) is 3.71. The summed E-state index contributed by atoms with van der Waals surface area (Å²) in [4.78, 5) is 0.454. The molecule has 0 heterocycles. The summed E-state index contributed by atoms with van der Waals surface area (Å²) in [7, 11) is -3.14. The maximum atomic E-state index is 12.3. The number of hydrogen-bond donors (Lipinski definition) is 0. The largest absolute Gasteiger partial charge is 0.224 e. The number of benzene rings is 1. The van der Waals surface area contributed by atoms with Gasteiger partial charge in [-0.15, -0.1) is 0 Å². The lowest BCUT2D eigenvalue weighted by Crippen LogP contribution is -2.15. The zero-order valence-corrected chi connectivity index (χ0v) is 11.8. The monoisotopic (exact) mass is 264 g/mol.